The highest BCUT2D eigenvalue weighted by Crippen LogP contribution is 2.30. The van der Waals surface area contributed by atoms with E-state index in [1.165, 1.54) is 16.9 Å². The van der Waals surface area contributed by atoms with Gasteiger partial charge in [-0.15, -0.1) is 0 Å². The maximum Gasteiger partial charge on any atom is 0.293 e. The van der Waals surface area contributed by atoms with E-state index in [9.17, 15) is 9.18 Å². The van der Waals surface area contributed by atoms with Crippen LogP contribution in [0.3, 0.4) is 0 Å². The van der Waals surface area contributed by atoms with Gasteiger partial charge in [0.15, 0.2) is 0 Å². The van der Waals surface area contributed by atoms with Gasteiger partial charge in [0.1, 0.15) is 11.3 Å². The number of benzene rings is 1. The molecule has 26 heavy (non-hydrogen) atoms. The minimum Gasteiger partial charge on any atom is -0.378 e. The van der Waals surface area contributed by atoms with Gasteiger partial charge >= 0.3 is 0 Å². The van der Waals surface area contributed by atoms with Crippen molar-refractivity contribution in [2.24, 2.45) is 7.05 Å². The fourth-order valence-electron chi connectivity index (χ4n) is 2.88. The summed E-state index contributed by atoms with van der Waals surface area (Å²) in [6.07, 6.45) is 1.48. The SMILES string of the molecule is Cn1ncc2c(-c3ccc(Cl)cc3F)nc(N3CCOCC3)nc2c1=O. The van der Waals surface area contributed by atoms with Crippen LogP contribution < -0.4 is 10.5 Å². The zero-order valence-corrected chi connectivity index (χ0v) is 14.7. The zero-order chi connectivity index (χ0) is 18.3. The summed E-state index contributed by atoms with van der Waals surface area (Å²) in [5, 5.41) is 4.70. The average molecular weight is 376 g/mol. The van der Waals surface area contributed by atoms with Crippen molar-refractivity contribution in [1.29, 1.82) is 0 Å². The molecule has 2 aromatic heterocycles. The van der Waals surface area contributed by atoms with Gasteiger partial charge in [-0.3, -0.25) is 4.79 Å². The number of aromatic nitrogens is 4. The molecule has 9 heteroatoms. The Labute approximate surface area is 153 Å². The van der Waals surface area contributed by atoms with Crippen LogP contribution >= 0.6 is 11.6 Å². The number of halogens is 2. The lowest BCUT2D eigenvalue weighted by Gasteiger charge is -2.27. The van der Waals surface area contributed by atoms with Crippen LogP contribution in [-0.2, 0) is 11.8 Å². The first-order valence-electron chi connectivity index (χ1n) is 8.07. The molecule has 1 aromatic carbocycles. The predicted molar refractivity (Wildman–Crippen MR) is 96.0 cm³/mol. The first-order valence-corrected chi connectivity index (χ1v) is 8.44. The van der Waals surface area contributed by atoms with Crippen molar-refractivity contribution < 1.29 is 9.13 Å². The lowest BCUT2D eigenvalue weighted by atomic mass is 10.1. The molecule has 1 aliphatic heterocycles. The standard InChI is InChI=1S/C17H15ClFN5O2/c1-23-16(25)15-12(9-20-23)14(11-3-2-10(18)8-13(11)19)21-17(22-15)24-4-6-26-7-5-24/h2-3,8-9H,4-7H2,1H3. The molecule has 0 radical (unpaired) electrons. The monoisotopic (exact) mass is 375 g/mol. The van der Waals surface area contributed by atoms with Gasteiger partial charge in [-0.1, -0.05) is 11.6 Å². The first-order chi connectivity index (χ1) is 12.5. The topological polar surface area (TPSA) is 73.1 Å². The average Bonchev–Trinajstić information content (AvgIpc) is 2.65. The molecule has 0 atom stereocenters. The van der Waals surface area contributed by atoms with Crippen LogP contribution in [0.25, 0.3) is 22.2 Å². The van der Waals surface area contributed by atoms with Crippen LogP contribution in [-0.4, -0.2) is 46.1 Å². The van der Waals surface area contributed by atoms with E-state index in [-0.39, 0.29) is 21.7 Å². The van der Waals surface area contributed by atoms with Gasteiger partial charge in [0, 0.05) is 30.7 Å². The number of anilines is 1. The van der Waals surface area contributed by atoms with Crippen LogP contribution in [0.15, 0.2) is 29.2 Å². The molecule has 3 heterocycles. The lowest BCUT2D eigenvalue weighted by molar-refractivity contribution is 0.122. The number of nitrogens with zero attached hydrogens (tertiary/aromatic N) is 5. The predicted octanol–water partition coefficient (Wildman–Crippen LogP) is 2.02. The van der Waals surface area contributed by atoms with Crippen LogP contribution in [0.2, 0.25) is 5.02 Å². The quantitative estimate of drug-likeness (QED) is 0.682. The van der Waals surface area contributed by atoms with E-state index in [0.717, 1.165) is 0 Å². The van der Waals surface area contributed by atoms with Crippen molar-refractivity contribution in [2.45, 2.75) is 0 Å². The van der Waals surface area contributed by atoms with Crippen molar-refractivity contribution in [3.05, 3.63) is 45.6 Å². The summed E-state index contributed by atoms with van der Waals surface area (Å²) in [7, 11) is 1.54. The molecular formula is C17H15ClFN5O2. The Morgan fingerprint density at radius 2 is 2.00 bits per heavy atom. The normalized spacial score (nSPS) is 14.8. The number of fused-ring (bicyclic) bond motifs is 1. The molecule has 0 N–H and O–H groups in total. The minimum atomic E-state index is -0.522. The highest BCUT2D eigenvalue weighted by molar-refractivity contribution is 6.30. The second kappa shape index (κ2) is 6.62. The van der Waals surface area contributed by atoms with Crippen molar-refractivity contribution >= 4 is 28.5 Å². The molecule has 0 spiro atoms. The molecule has 1 aliphatic rings. The molecule has 0 bridgehead atoms. The number of hydrogen-bond donors (Lipinski definition) is 0. The van der Waals surface area contributed by atoms with E-state index in [2.05, 4.69) is 15.1 Å². The second-order valence-corrected chi connectivity index (χ2v) is 6.37. The molecule has 1 saturated heterocycles. The van der Waals surface area contributed by atoms with E-state index in [4.69, 9.17) is 16.3 Å². The van der Waals surface area contributed by atoms with Gasteiger partial charge in [0.05, 0.1) is 30.5 Å². The van der Waals surface area contributed by atoms with Crippen LogP contribution in [0.4, 0.5) is 10.3 Å². The second-order valence-electron chi connectivity index (χ2n) is 5.93. The van der Waals surface area contributed by atoms with Gasteiger partial charge in [-0.05, 0) is 18.2 Å². The maximum absolute atomic E-state index is 14.5. The smallest absolute Gasteiger partial charge is 0.293 e. The zero-order valence-electron chi connectivity index (χ0n) is 13.9. The number of ether oxygens (including phenoxy) is 1. The summed E-state index contributed by atoms with van der Waals surface area (Å²) in [6.45, 7) is 2.28. The van der Waals surface area contributed by atoms with E-state index in [1.54, 1.807) is 19.2 Å². The Morgan fingerprint density at radius 3 is 2.73 bits per heavy atom. The molecule has 0 unspecified atom stereocenters. The third kappa shape index (κ3) is 2.91. The summed E-state index contributed by atoms with van der Waals surface area (Å²) in [6, 6.07) is 4.34. The number of rotatable bonds is 2. The summed E-state index contributed by atoms with van der Waals surface area (Å²) in [4.78, 5) is 23.4. The highest BCUT2D eigenvalue weighted by Gasteiger charge is 2.20. The van der Waals surface area contributed by atoms with Gasteiger partial charge in [0.2, 0.25) is 5.95 Å². The minimum absolute atomic E-state index is 0.198. The van der Waals surface area contributed by atoms with Crippen LogP contribution in [0.5, 0.6) is 0 Å². The third-order valence-electron chi connectivity index (χ3n) is 4.27. The van der Waals surface area contributed by atoms with Crippen LogP contribution in [0.1, 0.15) is 0 Å². The van der Waals surface area contributed by atoms with Crippen molar-refractivity contribution in [2.75, 3.05) is 31.2 Å². The lowest BCUT2D eigenvalue weighted by Crippen LogP contribution is -2.37. The van der Waals surface area contributed by atoms with Crippen molar-refractivity contribution in [3.63, 3.8) is 0 Å². The summed E-state index contributed by atoms with van der Waals surface area (Å²) < 4.78 is 21.1. The van der Waals surface area contributed by atoms with Crippen molar-refractivity contribution in [1.82, 2.24) is 19.7 Å². The molecule has 0 amide bonds. The fourth-order valence-corrected chi connectivity index (χ4v) is 3.04. The Morgan fingerprint density at radius 1 is 1.23 bits per heavy atom. The van der Waals surface area contributed by atoms with Crippen LogP contribution in [0, 0.1) is 5.82 Å². The molecule has 1 fully saturated rings. The van der Waals surface area contributed by atoms with E-state index in [0.29, 0.717) is 43.3 Å². The number of morpholine rings is 1. The molecular weight excluding hydrogens is 361 g/mol. The Hall–Kier alpha value is -2.58. The van der Waals surface area contributed by atoms with Gasteiger partial charge in [-0.25, -0.2) is 19.0 Å². The number of hydrogen-bond acceptors (Lipinski definition) is 6. The summed E-state index contributed by atoms with van der Waals surface area (Å²) in [5.74, 6) is -0.153. The summed E-state index contributed by atoms with van der Waals surface area (Å²) >= 11 is 5.86. The molecule has 4 rings (SSSR count). The van der Waals surface area contributed by atoms with Gasteiger partial charge in [-0.2, -0.15) is 5.10 Å². The third-order valence-corrected chi connectivity index (χ3v) is 4.51. The molecule has 134 valence electrons. The largest absolute Gasteiger partial charge is 0.378 e. The molecule has 0 aliphatic carbocycles. The van der Waals surface area contributed by atoms with Crippen molar-refractivity contribution in [3.8, 4) is 11.3 Å². The Balaban J connectivity index is 2.00. The summed E-state index contributed by atoms with van der Waals surface area (Å²) in [5.41, 5.74) is 0.389. The molecule has 7 nitrogen and oxygen atoms in total. The number of aryl methyl sites for hydroxylation is 1. The van der Waals surface area contributed by atoms with Gasteiger partial charge < -0.3 is 9.64 Å². The maximum atomic E-state index is 14.5. The Kier molecular flexibility index (Phi) is 4.29. The van der Waals surface area contributed by atoms with E-state index < -0.39 is 5.82 Å². The first kappa shape index (κ1) is 16.9. The van der Waals surface area contributed by atoms with Gasteiger partial charge in [0.25, 0.3) is 5.56 Å². The molecule has 3 aromatic rings. The van der Waals surface area contributed by atoms with E-state index in [1.807, 2.05) is 4.90 Å². The Bertz CT molecular complexity index is 1050. The van der Waals surface area contributed by atoms with E-state index >= 15 is 0 Å². The molecule has 0 saturated carbocycles. The fraction of sp³-hybridized carbons (Fsp3) is 0.294. The highest BCUT2D eigenvalue weighted by atomic mass is 35.5.